The molecule has 0 spiro atoms. The number of primary amides is 1. The van der Waals surface area contributed by atoms with E-state index in [0.29, 0.717) is 22.7 Å². The molecule has 0 aromatic heterocycles. The van der Waals surface area contributed by atoms with Crippen LogP contribution in [0.25, 0.3) is 0 Å². The number of benzene rings is 2. The Morgan fingerprint density at radius 2 is 1.59 bits per heavy atom. The molecule has 8 heteroatoms. The van der Waals surface area contributed by atoms with Crippen LogP contribution in [0.15, 0.2) is 48.5 Å². The molecule has 0 fully saturated rings. The van der Waals surface area contributed by atoms with Crippen molar-refractivity contribution in [3.8, 4) is 11.5 Å². The molecule has 3 N–H and O–H groups in total. The van der Waals surface area contributed by atoms with Crippen molar-refractivity contribution in [3.63, 3.8) is 0 Å². The molecule has 0 saturated heterocycles. The summed E-state index contributed by atoms with van der Waals surface area (Å²) in [5.41, 5.74) is 6.00. The molecule has 0 aliphatic heterocycles. The lowest BCUT2D eigenvalue weighted by atomic mass is 10.2. The minimum absolute atomic E-state index is 0.106. The van der Waals surface area contributed by atoms with Gasteiger partial charge in [-0.3, -0.25) is 14.4 Å². The van der Waals surface area contributed by atoms with Crippen molar-refractivity contribution in [1.82, 2.24) is 4.90 Å². The second-order valence-corrected chi connectivity index (χ2v) is 5.72. The largest absolute Gasteiger partial charge is 0.497 e. The van der Waals surface area contributed by atoms with Crippen LogP contribution in [-0.4, -0.2) is 49.9 Å². The normalized spacial score (nSPS) is 10.0. The van der Waals surface area contributed by atoms with Crippen LogP contribution in [0.1, 0.15) is 10.4 Å². The third kappa shape index (κ3) is 6.03. The van der Waals surface area contributed by atoms with Crippen LogP contribution < -0.4 is 20.5 Å². The van der Waals surface area contributed by atoms with Crippen LogP contribution in [-0.2, 0) is 9.59 Å². The van der Waals surface area contributed by atoms with Gasteiger partial charge in [-0.1, -0.05) is 0 Å². The average molecular weight is 371 g/mol. The van der Waals surface area contributed by atoms with E-state index in [1.54, 1.807) is 55.6 Å². The number of ether oxygens (including phenoxy) is 2. The number of rotatable bonds is 8. The highest BCUT2D eigenvalue weighted by Gasteiger charge is 2.15. The van der Waals surface area contributed by atoms with Crippen molar-refractivity contribution in [2.24, 2.45) is 5.73 Å². The number of nitrogens with zero attached hydrogens (tertiary/aromatic N) is 1. The van der Waals surface area contributed by atoms with E-state index in [9.17, 15) is 14.4 Å². The molecular weight excluding hydrogens is 350 g/mol. The molecule has 142 valence electrons. The third-order valence-corrected chi connectivity index (χ3v) is 3.58. The zero-order valence-electron chi connectivity index (χ0n) is 15.1. The summed E-state index contributed by atoms with van der Waals surface area (Å²) in [6, 6.07) is 13.1. The first-order valence-corrected chi connectivity index (χ1v) is 8.09. The van der Waals surface area contributed by atoms with Crippen molar-refractivity contribution in [3.05, 3.63) is 54.1 Å². The zero-order valence-corrected chi connectivity index (χ0v) is 15.1. The van der Waals surface area contributed by atoms with Crippen molar-refractivity contribution in [2.75, 3.05) is 32.6 Å². The number of amides is 3. The van der Waals surface area contributed by atoms with Gasteiger partial charge in [-0.05, 0) is 48.5 Å². The number of nitrogens with two attached hydrogens (primary N) is 1. The summed E-state index contributed by atoms with van der Waals surface area (Å²) in [4.78, 5) is 36.5. The average Bonchev–Trinajstić information content (AvgIpc) is 2.66. The molecular formula is C19H21N3O5. The van der Waals surface area contributed by atoms with E-state index in [2.05, 4.69) is 5.32 Å². The molecule has 0 radical (unpaired) electrons. The quantitative estimate of drug-likeness (QED) is 0.726. The van der Waals surface area contributed by atoms with Gasteiger partial charge in [0.1, 0.15) is 11.5 Å². The minimum atomic E-state index is -0.585. The summed E-state index contributed by atoms with van der Waals surface area (Å²) in [6.45, 7) is -0.344. The summed E-state index contributed by atoms with van der Waals surface area (Å²) in [6.07, 6.45) is 0. The van der Waals surface area contributed by atoms with E-state index in [1.165, 1.54) is 11.9 Å². The van der Waals surface area contributed by atoms with Gasteiger partial charge in [0.2, 0.25) is 5.91 Å². The van der Waals surface area contributed by atoms with Gasteiger partial charge in [0, 0.05) is 18.3 Å². The second kappa shape index (κ2) is 9.23. The number of carbonyl (C=O) groups excluding carboxylic acids is 3. The molecule has 8 nitrogen and oxygen atoms in total. The van der Waals surface area contributed by atoms with Crippen molar-refractivity contribution >= 4 is 23.4 Å². The van der Waals surface area contributed by atoms with E-state index in [-0.39, 0.29) is 25.0 Å². The van der Waals surface area contributed by atoms with Gasteiger partial charge in [0.05, 0.1) is 13.7 Å². The molecule has 0 unspecified atom stereocenters. The predicted octanol–water partition coefficient (Wildman–Crippen LogP) is 1.27. The maximum absolute atomic E-state index is 12.4. The highest BCUT2D eigenvalue weighted by molar-refractivity contribution is 5.99. The fraction of sp³-hybridized carbons (Fsp3) is 0.211. The Balaban J connectivity index is 1.89. The number of nitrogens with one attached hydrogen (secondary N) is 1. The lowest BCUT2D eigenvalue weighted by Gasteiger charge is -2.17. The Morgan fingerprint density at radius 3 is 2.15 bits per heavy atom. The van der Waals surface area contributed by atoms with Gasteiger partial charge in [-0.25, -0.2) is 0 Å². The minimum Gasteiger partial charge on any atom is -0.497 e. The lowest BCUT2D eigenvalue weighted by Crippen LogP contribution is -2.34. The van der Waals surface area contributed by atoms with E-state index >= 15 is 0 Å². The van der Waals surface area contributed by atoms with Gasteiger partial charge in [0.15, 0.2) is 6.61 Å². The molecule has 0 aliphatic carbocycles. The van der Waals surface area contributed by atoms with Crippen LogP contribution in [0.3, 0.4) is 0 Å². The number of carbonyl (C=O) groups is 3. The highest BCUT2D eigenvalue weighted by Crippen LogP contribution is 2.15. The molecule has 0 bridgehead atoms. The van der Waals surface area contributed by atoms with Crippen LogP contribution in [0.2, 0.25) is 0 Å². The first kappa shape index (κ1) is 19.8. The molecule has 0 saturated carbocycles. The zero-order chi connectivity index (χ0) is 19.8. The van der Waals surface area contributed by atoms with Crippen LogP contribution in [0.4, 0.5) is 5.69 Å². The van der Waals surface area contributed by atoms with Gasteiger partial charge >= 0.3 is 0 Å². The lowest BCUT2D eigenvalue weighted by molar-refractivity contribution is -0.120. The van der Waals surface area contributed by atoms with Crippen LogP contribution in [0.5, 0.6) is 11.5 Å². The summed E-state index contributed by atoms with van der Waals surface area (Å²) in [5, 5.41) is 2.71. The Labute approximate surface area is 156 Å². The van der Waals surface area contributed by atoms with Crippen LogP contribution >= 0.6 is 0 Å². The fourth-order valence-electron chi connectivity index (χ4n) is 2.23. The molecule has 27 heavy (non-hydrogen) atoms. The van der Waals surface area contributed by atoms with E-state index in [1.807, 2.05) is 0 Å². The van der Waals surface area contributed by atoms with Crippen molar-refractivity contribution in [1.29, 1.82) is 0 Å². The maximum Gasteiger partial charge on any atom is 0.255 e. The first-order valence-electron chi connectivity index (χ1n) is 8.09. The SMILES string of the molecule is COc1ccc(NC(=O)CN(C)C(=O)c2ccc(OCC(N)=O)cc2)cc1. The smallest absolute Gasteiger partial charge is 0.255 e. The summed E-state index contributed by atoms with van der Waals surface area (Å²) >= 11 is 0. The monoisotopic (exact) mass is 371 g/mol. The summed E-state index contributed by atoms with van der Waals surface area (Å²) in [7, 11) is 3.10. The number of hydrogen-bond donors (Lipinski definition) is 2. The highest BCUT2D eigenvalue weighted by atomic mass is 16.5. The van der Waals surface area contributed by atoms with Gasteiger partial charge in [-0.2, -0.15) is 0 Å². The van der Waals surface area contributed by atoms with E-state index in [4.69, 9.17) is 15.2 Å². The number of methoxy groups -OCH3 is 1. The maximum atomic E-state index is 12.4. The van der Waals surface area contributed by atoms with Crippen molar-refractivity contribution < 1.29 is 23.9 Å². The molecule has 2 aromatic carbocycles. The molecule has 0 heterocycles. The standard InChI is InChI=1S/C19H21N3O5/c1-22(11-18(24)21-14-5-9-15(26-2)10-6-14)19(25)13-3-7-16(8-4-13)27-12-17(20)23/h3-10H,11-12H2,1-2H3,(H2,20,23)(H,21,24). The molecule has 0 aliphatic rings. The van der Waals surface area contributed by atoms with E-state index < -0.39 is 5.91 Å². The molecule has 2 rings (SSSR count). The molecule has 2 aromatic rings. The van der Waals surface area contributed by atoms with Gasteiger partial charge in [-0.15, -0.1) is 0 Å². The number of hydrogen-bond acceptors (Lipinski definition) is 5. The Morgan fingerprint density at radius 1 is 1.00 bits per heavy atom. The predicted molar refractivity (Wildman–Crippen MR) is 99.7 cm³/mol. The van der Waals surface area contributed by atoms with Crippen LogP contribution in [0, 0.1) is 0 Å². The fourth-order valence-corrected chi connectivity index (χ4v) is 2.23. The van der Waals surface area contributed by atoms with Gasteiger partial charge < -0.3 is 25.4 Å². The topological polar surface area (TPSA) is 111 Å². The Kier molecular flexibility index (Phi) is 6.76. The molecule has 3 amide bonds. The van der Waals surface area contributed by atoms with Crippen molar-refractivity contribution in [2.45, 2.75) is 0 Å². The first-order chi connectivity index (χ1) is 12.9. The molecule has 0 atom stereocenters. The summed E-state index contributed by atoms with van der Waals surface area (Å²) < 4.78 is 10.2. The van der Waals surface area contributed by atoms with Gasteiger partial charge in [0.25, 0.3) is 11.8 Å². The third-order valence-electron chi connectivity index (χ3n) is 3.58. The Bertz CT molecular complexity index is 803. The summed E-state index contributed by atoms with van der Waals surface area (Å²) in [5.74, 6) is -0.120. The Hall–Kier alpha value is -3.55. The van der Waals surface area contributed by atoms with E-state index in [0.717, 1.165) is 0 Å². The second-order valence-electron chi connectivity index (χ2n) is 5.72. The number of anilines is 1. The number of likely N-dealkylation sites (N-methyl/N-ethyl adjacent to an activating group) is 1.